The van der Waals surface area contributed by atoms with Crippen LogP contribution in [0, 0.1) is 22.3 Å². The standard InChI is InChI=1S/C9H18N2O2/c1-10(12)8-6-3-4-7(5-6)9(8)11(2)13/h6-11H,3-5H2,1-2H3. The van der Waals surface area contributed by atoms with E-state index in [-0.39, 0.29) is 22.2 Å². The molecule has 2 aliphatic rings. The number of hydrogen-bond acceptors (Lipinski definition) is 2. The maximum Gasteiger partial charge on any atom is 0.143 e. The minimum atomic E-state index is 0.0660. The molecule has 6 unspecified atom stereocenters. The lowest BCUT2D eigenvalue weighted by Gasteiger charge is -2.40. The summed E-state index contributed by atoms with van der Waals surface area (Å²) in [5.74, 6) is 1.05. The highest BCUT2D eigenvalue weighted by Gasteiger charge is 2.53. The lowest BCUT2D eigenvalue weighted by atomic mass is 9.90. The molecule has 0 saturated heterocycles. The number of fused-ring (bicyclic) bond motifs is 2. The molecule has 2 aliphatic carbocycles. The van der Waals surface area contributed by atoms with E-state index < -0.39 is 0 Å². The van der Waals surface area contributed by atoms with Crippen LogP contribution in [0.25, 0.3) is 0 Å². The van der Waals surface area contributed by atoms with E-state index in [1.54, 1.807) is 14.1 Å². The fraction of sp³-hybridized carbons (Fsp3) is 1.00. The molecule has 4 heteroatoms. The smallest absolute Gasteiger partial charge is 0.143 e. The summed E-state index contributed by atoms with van der Waals surface area (Å²) in [6, 6.07) is 0.132. The number of hydrogen-bond donors (Lipinski definition) is 2. The van der Waals surface area contributed by atoms with E-state index in [0.717, 1.165) is 6.42 Å². The van der Waals surface area contributed by atoms with Crippen LogP contribution < -0.4 is 10.1 Å². The maximum absolute atomic E-state index is 11.4. The van der Waals surface area contributed by atoms with Crippen LogP contribution in [0.15, 0.2) is 0 Å². The minimum absolute atomic E-state index is 0.0660. The zero-order chi connectivity index (χ0) is 9.59. The Kier molecular flexibility index (Phi) is 2.32. The first-order chi connectivity index (χ1) is 6.11. The van der Waals surface area contributed by atoms with Gasteiger partial charge in [-0.25, -0.2) is 0 Å². The summed E-state index contributed by atoms with van der Waals surface area (Å²) in [7, 11) is 3.28. The van der Waals surface area contributed by atoms with Crippen molar-refractivity contribution in [3.05, 3.63) is 10.4 Å². The van der Waals surface area contributed by atoms with E-state index in [2.05, 4.69) is 0 Å². The van der Waals surface area contributed by atoms with Gasteiger partial charge in [0.05, 0.1) is 14.1 Å². The van der Waals surface area contributed by atoms with Crippen molar-refractivity contribution in [1.82, 2.24) is 0 Å². The molecule has 2 bridgehead atoms. The number of hydroxylamine groups is 4. The third kappa shape index (κ3) is 1.38. The van der Waals surface area contributed by atoms with E-state index >= 15 is 0 Å². The molecule has 6 atom stereocenters. The van der Waals surface area contributed by atoms with Crippen LogP contribution in [0.5, 0.6) is 0 Å². The Labute approximate surface area is 78.7 Å². The fourth-order valence-electron chi connectivity index (χ4n) is 3.46. The molecular weight excluding hydrogens is 168 g/mol. The van der Waals surface area contributed by atoms with Crippen LogP contribution in [0.3, 0.4) is 0 Å². The molecule has 4 nitrogen and oxygen atoms in total. The van der Waals surface area contributed by atoms with Crippen LogP contribution in [0.4, 0.5) is 0 Å². The summed E-state index contributed by atoms with van der Waals surface area (Å²) >= 11 is 0. The van der Waals surface area contributed by atoms with Gasteiger partial charge in [-0.1, -0.05) is 0 Å². The van der Waals surface area contributed by atoms with Crippen LogP contribution >= 0.6 is 0 Å². The van der Waals surface area contributed by atoms with Crippen molar-refractivity contribution in [2.75, 3.05) is 14.1 Å². The zero-order valence-electron chi connectivity index (χ0n) is 8.25. The van der Waals surface area contributed by atoms with Gasteiger partial charge in [0.2, 0.25) is 0 Å². The summed E-state index contributed by atoms with van der Waals surface area (Å²) in [5, 5.41) is 23.3. The Bertz CT molecular complexity index is 176. The zero-order valence-corrected chi connectivity index (χ0v) is 8.25. The molecule has 13 heavy (non-hydrogen) atoms. The first-order valence-corrected chi connectivity index (χ1v) is 5.12. The van der Waals surface area contributed by atoms with Crippen LogP contribution in [-0.4, -0.2) is 26.2 Å². The van der Waals surface area contributed by atoms with E-state index in [1.807, 2.05) is 0 Å². The van der Waals surface area contributed by atoms with Crippen molar-refractivity contribution in [1.29, 1.82) is 0 Å². The van der Waals surface area contributed by atoms with Crippen molar-refractivity contribution < 1.29 is 10.1 Å². The average Bonchev–Trinajstić information content (AvgIpc) is 2.60. The number of nitrogens with one attached hydrogen (secondary N) is 2. The van der Waals surface area contributed by atoms with E-state index in [4.69, 9.17) is 0 Å². The molecule has 0 aromatic rings. The highest BCUT2D eigenvalue weighted by molar-refractivity contribution is 4.97. The van der Waals surface area contributed by atoms with Gasteiger partial charge in [-0.15, -0.1) is 0 Å². The number of likely N-dealkylation sites (N-methyl/N-ethyl adjacent to an activating group) is 2. The van der Waals surface area contributed by atoms with Gasteiger partial charge < -0.3 is 20.5 Å². The highest BCUT2D eigenvalue weighted by Crippen LogP contribution is 2.42. The third-order valence-electron chi connectivity index (χ3n) is 3.86. The second-order valence-corrected chi connectivity index (χ2v) is 4.61. The van der Waals surface area contributed by atoms with Crippen LogP contribution in [0.2, 0.25) is 0 Å². The normalized spacial score (nSPS) is 48.0. The lowest BCUT2D eigenvalue weighted by Crippen LogP contribution is -3.20. The van der Waals surface area contributed by atoms with Crippen molar-refractivity contribution >= 4 is 0 Å². The van der Waals surface area contributed by atoms with Gasteiger partial charge in [0.1, 0.15) is 12.1 Å². The minimum Gasteiger partial charge on any atom is -0.634 e. The SMILES string of the molecule is C[NH+]([O-])C1C2CCC(C2)C1[NH+](C)[O-]. The maximum atomic E-state index is 11.4. The summed E-state index contributed by atoms with van der Waals surface area (Å²) in [4.78, 5) is 0. The van der Waals surface area contributed by atoms with Crippen LogP contribution in [-0.2, 0) is 0 Å². The summed E-state index contributed by atoms with van der Waals surface area (Å²) in [6.45, 7) is 0. The quantitative estimate of drug-likeness (QED) is 0.499. The molecule has 0 amide bonds. The molecule has 76 valence electrons. The van der Waals surface area contributed by atoms with Gasteiger partial charge in [-0.2, -0.15) is 0 Å². The van der Waals surface area contributed by atoms with E-state index in [0.29, 0.717) is 11.8 Å². The van der Waals surface area contributed by atoms with E-state index in [1.165, 1.54) is 12.8 Å². The van der Waals surface area contributed by atoms with Gasteiger partial charge in [0, 0.05) is 11.8 Å². The fourth-order valence-corrected chi connectivity index (χ4v) is 3.46. The Morgan fingerprint density at radius 3 is 1.62 bits per heavy atom. The predicted octanol–water partition coefficient (Wildman–Crippen LogP) is -1.82. The van der Waals surface area contributed by atoms with Crippen LogP contribution in [0.1, 0.15) is 19.3 Å². The highest BCUT2D eigenvalue weighted by atomic mass is 16.5. The summed E-state index contributed by atoms with van der Waals surface area (Å²) in [6.07, 6.45) is 3.45. The summed E-state index contributed by atoms with van der Waals surface area (Å²) < 4.78 is 0. The Hall–Kier alpha value is -0.160. The first kappa shape index (κ1) is 9.40. The molecule has 2 rings (SSSR count). The second-order valence-electron chi connectivity index (χ2n) is 4.61. The molecule has 0 heterocycles. The average molecular weight is 186 g/mol. The predicted molar refractivity (Wildman–Crippen MR) is 48.9 cm³/mol. The molecule has 2 fully saturated rings. The van der Waals surface area contributed by atoms with Gasteiger partial charge in [-0.05, 0) is 19.3 Å². The van der Waals surface area contributed by atoms with Crippen molar-refractivity contribution in [3.8, 4) is 0 Å². The second kappa shape index (κ2) is 3.20. The molecule has 0 spiro atoms. The largest absolute Gasteiger partial charge is 0.634 e. The van der Waals surface area contributed by atoms with Crippen molar-refractivity contribution in [2.45, 2.75) is 31.3 Å². The first-order valence-electron chi connectivity index (χ1n) is 5.12. The van der Waals surface area contributed by atoms with Gasteiger partial charge >= 0.3 is 0 Å². The number of rotatable bonds is 2. The van der Waals surface area contributed by atoms with E-state index in [9.17, 15) is 10.4 Å². The number of quaternary nitrogens is 2. The van der Waals surface area contributed by atoms with Gasteiger partial charge in [0.15, 0.2) is 0 Å². The molecular formula is C9H18N2O2. The van der Waals surface area contributed by atoms with Crippen molar-refractivity contribution in [3.63, 3.8) is 0 Å². The van der Waals surface area contributed by atoms with Gasteiger partial charge in [-0.3, -0.25) is 0 Å². The van der Waals surface area contributed by atoms with Gasteiger partial charge in [0.25, 0.3) is 0 Å². The topological polar surface area (TPSA) is 55.0 Å². The Morgan fingerprint density at radius 1 is 0.923 bits per heavy atom. The molecule has 0 aromatic heterocycles. The molecule has 2 N–H and O–H groups in total. The summed E-state index contributed by atoms with van der Waals surface area (Å²) in [5.41, 5.74) is 0. The molecule has 2 saturated carbocycles. The third-order valence-corrected chi connectivity index (χ3v) is 3.86. The monoisotopic (exact) mass is 186 g/mol. The molecule has 0 aliphatic heterocycles. The Morgan fingerprint density at radius 2 is 1.31 bits per heavy atom. The lowest BCUT2D eigenvalue weighted by molar-refractivity contribution is -0.933. The molecule has 0 radical (unpaired) electrons. The Balaban J connectivity index is 2.15. The molecule has 0 aromatic carbocycles. The van der Waals surface area contributed by atoms with Crippen molar-refractivity contribution in [2.24, 2.45) is 11.8 Å².